The number of aromatic amines is 1. The highest BCUT2D eigenvalue weighted by Crippen LogP contribution is 2.27. The Morgan fingerprint density at radius 1 is 0.756 bits per heavy atom. The third-order valence-electron chi connectivity index (χ3n) is 12.7. The average molecular weight is 1100 g/mol. The fraction of sp³-hybridized carbons (Fsp3) is 0.480. The third-order valence-corrected chi connectivity index (χ3v) is 12.7. The van der Waals surface area contributed by atoms with Gasteiger partial charge in [-0.25, -0.2) is 13.2 Å². The molecule has 28 heteroatoms. The van der Waals surface area contributed by atoms with Gasteiger partial charge in [0, 0.05) is 74.8 Å². The molecule has 8 amide bonds. The first-order valence-corrected chi connectivity index (χ1v) is 25.1. The zero-order chi connectivity index (χ0) is 57.6. The molecule has 1 fully saturated rings. The first-order valence-electron chi connectivity index (χ1n) is 25.1. The average Bonchev–Trinajstić information content (AvgIpc) is 3.77. The number of guanidine groups is 2. The first-order chi connectivity index (χ1) is 36.9. The molecule has 0 aliphatic carbocycles. The van der Waals surface area contributed by atoms with E-state index >= 15 is 0 Å². The molecular weight excluding hydrogens is 1030 g/mol. The van der Waals surface area contributed by atoms with Crippen LogP contribution in [0.25, 0.3) is 10.9 Å². The number of nitrogens with zero attached hydrogens (tertiary/aromatic N) is 2. The molecule has 2 aromatic carbocycles. The summed E-state index contributed by atoms with van der Waals surface area (Å²) in [5.41, 5.74) is 34.1. The van der Waals surface area contributed by atoms with Gasteiger partial charge >= 0.3 is 0 Å². The summed E-state index contributed by atoms with van der Waals surface area (Å²) in [6.45, 7) is 1.05. The zero-order valence-electron chi connectivity index (χ0n) is 43.0. The second-order valence-electron chi connectivity index (χ2n) is 18.9. The van der Waals surface area contributed by atoms with Crippen molar-refractivity contribution in [3.8, 4) is 0 Å². The fourth-order valence-corrected chi connectivity index (χ4v) is 8.73. The molecule has 0 spiro atoms. The van der Waals surface area contributed by atoms with Gasteiger partial charge in [0.1, 0.15) is 30.0 Å². The van der Waals surface area contributed by atoms with Crippen LogP contribution in [0.15, 0.2) is 52.6 Å². The number of rotatable bonds is 18. The fourth-order valence-electron chi connectivity index (χ4n) is 8.73. The molecule has 1 aliphatic heterocycles. The summed E-state index contributed by atoms with van der Waals surface area (Å²) in [7, 11) is 0. The van der Waals surface area contributed by atoms with Crippen LogP contribution in [0.5, 0.6) is 0 Å². The molecule has 0 radical (unpaired) electrons. The topological polar surface area (TPSA) is 440 Å². The maximum absolute atomic E-state index is 14.7. The molecule has 3 aromatic rings. The Morgan fingerprint density at radius 2 is 1.40 bits per heavy atom. The summed E-state index contributed by atoms with van der Waals surface area (Å²) in [5.74, 6) is -17.3. The molecule has 0 saturated carbocycles. The van der Waals surface area contributed by atoms with E-state index in [4.69, 9.17) is 34.4 Å². The van der Waals surface area contributed by atoms with E-state index in [2.05, 4.69) is 46.9 Å². The van der Waals surface area contributed by atoms with Gasteiger partial charge in [0.15, 0.2) is 35.2 Å². The molecule has 2 heterocycles. The second-order valence-corrected chi connectivity index (χ2v) is 18.9. The van der Waals surface area contributed by atoms with Crippen LogP contribution in [0.2, 0.25) is 0 Å². The van der Waals surface area contributed by atoms with Gasteiger partial charge in [0.25, 0.3) is 0 Å². The Hall–Kier alpha value is -8.59. The van der Waals surface area contributed by atoms with Gasteiger partial charge in [-0.3, -0.25) is 57.9 Å². The number of hydrogen-bond donors (Lipinski definition) is 13. The van der Waals surface area contributed by atoms with Gasteiger partial charge in [-0.05, 0) is 87.1 Å². The molecule has 78 heavy (non-hydrogen) atoms. The van der Waals surface area contributed by atoms with Gasteiger partial charge in [-0.1, -0.05) is 18.2 Å². The Balaban J connectivity index is 1.82. The predicted octanol–water partition coefficient (Wildman–Crippen LogP) is -1.88. The Labute approximate surface area is 446 Å². The van der Waals surface area contributed by atoms with Crippen molar-refractivity contribution in [2.75, 3.05) is 19.6 Å². The van der Waals surface area contributed by atoms with Crippen molar-refractivity contribution >= 4 is 81.6 Å². The monoisotopic (exact) mass is 1100 g/mol. The molecule has 1 aromatic heterocycles. The number of ketones is 2. The standard InChI is InChI=1S/C50H68F3N15O10/c1-25(69)64-35(11-6-16-62-50(58)59)46(76)66-36-12-13-42(73)60-14-5-10-34(44(55)74)65-45(75)28(20-29-24-63-33-9-3-2-8-30(29)33)22-39(70)27(7-4-15-61-49(56)57)21-40(71)37(19-26-17-31(51)43(53)32(52)18-26)67-48(78)38(23-41(54)72)68-47(36)77/h2-3,8-9,17-18,24,27-28,34-38,63H,4-7,10-16,19-23H2,1H3,(H2,54,72)(H2,55,74)(H,60,73)(H,64,69)(H,65,75)(H,66,76)(H,67,78)(H,68,77)(H4,56,57,61)(H4,58,59,62)/t27-,28-,34+,35+,36+,37-,38+/m1/s1. The number of nitrogens with one attached hydrogen (secondary N) is 7. The summed E-state index contributed by atoms with van der Waals surface area (Å²) in [6.07, 6.45) is -2.29. The summed E-state index contributed by atoms with van der Waals surface area (Å²) in [4.78, 5) is 148. The highest BCUT2D eigenvalue weighted by atomic mass is 19.2. The molecule has 19 N–H and O–H groups in total. The largest absolute Gasteiger partial charge is 0.370 e. The highest BCUT2D eigenvalue weighted by molar-refractivity contribution is 5.99. The van der Waals surface area contributed by atoms with E-state index in [1.807, 2.05) is 0 Å². The molecule has 0 unspecified atom stereocenters. The van der Waals surface area contributed by atoms with Crippen LogP contribution >= 0.6 is 0 Å². The number of aromatic nitrogens is 1. The van der Waals surface area contributed by atoms with E-state index in [1.54, 1.807) is 30.5 Å². The molecule has 1 saturated heterocycles. The summed E-state index contributed by atoms with van der Waals surface area (Å²) in [5, 5.41) is 15.6. The first kappa shape index (κ1) is 62.0. The molecule has 0 bridgehead atoms. The minimum atomic E-state index is -1.95. The number of fused-ring (bicyclic) bond motifs is 1. The number of benzene rings is 2. The van der Waals surface area contributed by atoms with Crippen molar-refractivity contribution < 1.29 is 61.1 Å². The summed E-state index contributed by atoms with van der Waals surface area (Å²) >= 11 is 0. The van der Waals surface area contributed by atoms with Crippen LogP contribution in [0.1, 0.15) is 88.7 Å². The number of amides is 8. The van der Waals surface area contributed by atoms with Crippen molar-refractivity contribution in [2.24, 2.45) is 56.2 Å². The number of nitrogens with two attached hydrogens (primary N) is 6. The zero-order valence-corrected chi connectivity index (χ0v) is 43.0. The van der Waals surface area contributed by atoms with E-state index < -0.39 is 157 Å². The van der Waals surface area contributed by atoms with Crippen LogP contribution in [0, 0.1) is 29.3 Å². The molecule has 4 rings (SSSR count). The Morgan fingerprint density at radius 3 is 2.04 bits per heavy atom. The lowest BCUT2D eigenvalue weighted by atomic mass is 9.83. The van der Waals surface area contributed by atoms with E-state index in [0.717, 1.165) is 12.3 Å². The number of carbonyl (C=O) groups is 10. The molecule has 1 aliphatic rings. The Bertz CT molecular complexity index is 2720. The lowest BCUT2D eigenvalue weighted by Gasteiger charge is -2.27. The maximum atomic E-state index is 14.7. The quantitative estimate of drug-likeness (QED) is 0.0287. The van der Waals surface area contributed by atoms with E-state index in [-0.39, 0.29) is 82.1 Å². The smallest absolute Gasteiger partial charge is 0.243 e. The number of Topliss-reactive ketones (excluding diaryl/α,β-unsaturated/α-hetero) is 2. The summed E-state index contributed by atoms with van der Waals surface area (Å²) < 4.78 is 43.6. The van der Waals surface area contributed by atoms with E-state index in [0.29, 0.717) is 23.2 Å². The van der Waals surface area contributed by atoms with Crippen LogP contribution < -0.4 is 66.3 Å². The number of carbonyl (C=O) groups excluding carboxylic acids is 10. The van der Waals surface area contributed by atoms with Gasteiger partial charge in [0.05, 0.1) is 12.5 Å². The number of H-pyrrole nitrogens is 1. The lowest BCUT2D eigenvalue weighted by molar-refractivity contribution is -0.136. The predicted molar refractivity (Wildman–Crippen MR) is 278 cm³/mol. The van der Waals surface area contributed by atoms with Crippen LogP contribution in [0.4, 0.5) is 13.2 Å². The number of para-hydroxylation sites is 1. The maximum Gasteiger partial charge on any atom is 0.243 e. The molecule has 25 nitrogen and oxygen atoms in total. The third kappa shape index (κ3) is 20.2. The number of aliphatic imine (C=N–C) groups is 2. The van der Waals surface area contributed by atoms with E-state index in [1.165, 1.54) is 0 Å². The van der Waals surface area contributed by atoms with Gasteiger partial charge < -0.3 is 71.3 Å². The Kier molecular flexibility index (Phi) is 24.0. The second kappa shape index (κ2) is 30.2. The van der Waals surface area contributed by atoms with Gasteiger partial charge in [0.2, 0.25) is 47.3 Å². The molecule has 7 atom stereocenters. The lowest BCUT2D eigenvalue weighted by Crippen LogP contribution is -2.58. The van der Waals surface area contributed by atoms with Crippen LogP contribution in [-0.4, -0.2) is 126 Å². The summed E-state index contributed by atoms with van der Waals surface area (Å²) in [6, 6.07) is 0.162. The van der Waals surface area contributed by atoms with Crippen molar-refractivity contribution in [1.29, 1.82) is 0 Å². The van der Waals surface area contributed by atoms with Crippen molar-refractivity contribution in [3.05, 3.63) is 71.2 Å². The van der Waals surface area contributed by atoms with Crippen molar-refractivity contribution in [1.82, 2.24) is 36.9 Å². The van der Waals surface area contributed by atoms with Crippen LogP contribution in [-0.2, 0) is 60.8 Å². The van der Waals surface area contributed by atoms with Crippen molar-refractivity contribution in [2.45, 2.75) is 121 Å². The van der Waals surface area contributed by atoms with Gasteiger partial charge in [-0.15, -0.1) is 0 Å². The van der Waals surface area contributed by atoms with Crippen LogP contribution in [0.3, 0.4) is 0 Å². The number of hydrogen-bond acceptors (Lipinski definition) is 12. The minimum Gasteiger partial charge on any atom is -0.370 e. The van der Waals surface area contributed by atoms with E-state index in [9.17, 15) is 61.1 Å². The minimum absolute atomic E-state index is 0.0299. The molecule has 424 valence electrons. The molecular formula is C50H68F3N15O10. The normalized spacial score (nSPS) is 20.9. The number of primary amides is 2. The number of halogens is 3. The SMILES string of the molecule is CC(=O)N[C@@H](CCCN=C(N)N)C(=O)N[C@H]1CCC(=O)NCCC[C@@H](C(N)=O)NC(=O)[C@H](Cc2c[nH]c3ccccc23)CC(=O)[C@H](CCCN=C(N)N)CC(=O)[C@@H](Cc2cc(F)c(F)c(F)c2)NC(=O)[C@H](CC(N)=O)NC1=O. The highest BCUT2D eigenvalue weighted by Gasteiger charge is 2.36. The van der Waals surface area contributed by atoms with Gasteiger partial charge in [-0.2, -0.15) is 0 Å². The van der Waals surface area contributed by atoms with Crippen molar-refractivity contribution in [3.63, 3.8) is 0 Å².